The molecule has 0 spiro atoms. The highest BCUT2D eigenvalue weighted by Crippen LogP contribution is 2.21. The number of amides is 1. The van der Waals surface area contributed by atoms with Gasteiger partial charge in [0.2, 0.25) is 15.9 Å². The zero-order valence-corrected chi connectivity index (χ0v) is 22.3. The molecule has 1 aromatic heterocycles. The van der Waals surface area contributed by atoms with Gasteiger partial charge >= 0.3 is 6.01 Å². The first kappa shape index (κ1) is 26.9. The van der Waals surface area contributed by atoms with Gasteiger partial charge in [-0.25, -0.2) is 8.42 Å². The molecule has 188 valence electrons. The molecule has 0 aliphatic carbocycles. The van der Waals surface area contributed by atoms with Gasteiger partial charge in [-0.15, -0.1) is 16.9 Å². The van der Waals surface area contributed by atoms with E-state index in [2.05, 4.69) is 15.5 Å². The van der Waals surface area contributed by atoms with E-state index in [0.29, 0.717) is 25.4 Å². The summed E-state index contributed by atoms with van der Waals surface area (Å²) >= 11 is 1.67. The molecule has 0 saturated heterocycles. The Kier molecular flexibility index (Phi) is 9.09. The van der Waals surface area contributed by atoms with Crippen LogP contribution in [0.2, 0.25) is 0 Å². The Morgan fingerprint density at radius 3 is 2.11 bits per heavy atom. The fraction of sp³-hybridized carbons (Fsp3) is 0.400. The van der Waals surface area contributed by atoms with Crippen LogP contribution in [0, 0.1) is 11.8 Å². The van der Waals surface area contributed by atoms with E-state index in [4.69, 9.17) is 4.42 Å². The van der Waals surface area contributed by atoms with Crippen LogP contribution < -0.4 is 5.32 Å². The lowest BCUT2D eigenvalue weighted by atomic mass is 10.1. The lowest BCUT2D eigenvalue weighted by Gasteiger charge is -2.25. The molecular weight excluding hydrogens is 484 g/mol. The minimum atomic E-state index is -3.66. The molecule has 0 fully saturated rings. The SMILES string of the molecule is CSc1ccc(Cc2nnc(NC(=O)c3ccc(S(=O)(=O)N(CC(C)C)CC(C)C)cc3)o2)cc1. The maximum absolute atomic E-state index is 13.2. The zero-order valence-electron chi connectivity index (χ0n) is 20.7. The Bertz CT molecular complexity index is 1210. The number of nitrogens with one attached hydrogen (secondary N) is 1. The molecule has 0 aliphatic heterocycles. The average Bonchev–Trinajstić information content (AvgIpc) is 3.25. The summed E-state index contributed by atoms with van der Waals surface area (Å²) in [7, 11) is -3.66. The maximum Gasteiger partial charge on any atom is 0.322 e. The van der Waals surface area contributed by atoms with E-state index in [1.54, 1.807) is 11.8 Å². The van der Waals surface area contributed by atoms with Crippen LogP contribution in [-0.2, 0) is 16.4 Å². The van der Waals surface area contributed by atoms with Crippen LogP contribution in [0.4, 0.5) is 6.01 Å². The van der Waals surface area contributed by atoms with Crippen molar-refractivity contribution >= 4 is 33.7 Å². The Morgan fingerprint density at radius 1 is 0.971 bits per heavy atom. The standard InChI is InChI=1S/C25H32N4O4S2/c1-17(2)15-29(16-18(3)4)35(31,32)22-12-8-20(9-13-22)24(30)26-25-28-27-23(33-25)14-19-6-10-21(34-5)11-7-19/h6-13,17-18H,14-16H2,1-5H3,(H,26,28,30). The molecule has 0 unspecified atom stereocenters. The van der Waals surface area contributed by atoms with Gasteiger partial charge in [0.15, 0.2) is 0 Å². The van der Waals surface area contributed by atoms with Crippen molar-refractivity contribution in [3.63, 3.8) is 0 Å². The molecule has 1 heterocycles. The van der Waals surface area contributed by atoms with Crippen LogP contribution in [0.25, 0.3) is 0 Å². The van der Waals surface area contributed by atoms with Crippen LogP contribution in [0.15, 0.2) is 62.7 Å². The number of carbonyl (C=O) groups is 1. The van der Waals surface area contributed by atoms with E-state index in [-0.39, 0.29) is 28.3 Å². The Morgan fingerprint density at radius 2 is 1.57 bits per heavy atom. The Balaban J connectivity index is 1.66. The summed E-state index contributed by atoms with van der Waals surface area (Å²) in [5.41, 5.74) is 1.31. The van der Waals surface area contributed by atoms with Gasteiger partial charge < -0.3 is 4.42 Å². The number of sulfonamides is 1. The van der Waals surface area contributed by atoms with Gasteiger partial charge in [0.05, 0.1) is 11.3 Å². The van der Waals surface area contributed by atoms with Crippen molar-refractivity contribution < 1.29 is 17.6 Å². The van der Waals surface area contributed by atoms with Crippen molar-refractivity contribution in [1.82, 2.24) is 14.5 Å². The zero-order chi connectivity index (χ0) is 25.6. The second-order valence-corrected chi connectivity index (χ2v) is 11.9. The van der Waals surface area contributed by atoms with Gasteiger partial charge in [0.1, 0.15) is 0 Å². The monoisotopic (exact) mass is 516 g/mol. The van der Waals surface area contributed by atoms with Crippen molar-refractivity contribution in [2.45, 2.75) is 43.9 Å². The highest BCUT2D eigenvalue weighted by atomic mass is 32.2. The summed E-state index contributed by atoms with van der Waals surface area (Å²) in [5.74, 6) is 0.314. The predicted octanol–water partition coefficient (Wildman–Crippen LogP) is 4.94. The number of anilines is 1. The highest BCUT2D eigenvalue weighted by Gasteiger charge is 2.26. The maximum atomic E-state index is 13.2. The number of nitrogens with zero attached hydrogens (tertiary/aromatic N) is 3. The number of carbonyl (C=O) groups excluding carboxylic acids is 1. The summed E-state index contributed by atoms with van der Waals surface area (Å²) < 4.78 is 33.4. The number of aromatic nitrogens is 2. The van der Waals surface area contributed by atoms with E-state index >= 15 is 0 Å². The second-order valence-electron chi connectivity index (χ2n) is 9.11. The van der Waals surface area contributed by atoms with E-state index in [1.165, 1.54) is 33.5 Å². The van der Waals surface area contributed by atoms with E-state index < -0.39 is 15.9 Å². The topological polar surface area (TPSA) is 105 Å². The van der Waals surface area contributed by atoms with Crippen LogP contribution in [0.1, 0.15) is 49.5 Å². The third-order valence-corrected chi connectivity index (χ3v) is 7.68. The smallest absolute Gasteiger partial charge is 0.322 e. The number of rotatable bonds is 11. The van der Waals surface area contributed by atoms with Crippen molar-refractivity contribution in [1.29, 1.82) is 0 Å². The van der Waals surface area contributed by atoms with Crippen molar-refractivity contribution in [2.75, 3.05) is 24.7 Å². The number of hydrogen-bond acceptors (Lipinski definition) is 7. The molecule has 0 radical (unpaired) electrons. The van der Waals surface area contributed by atoms with Gasteiger partial charge in [0.25, 0.3) is 5.91 Å². The molecule has 1 amide bonds. The van der Waals surface area contributed by atoms with E-state index in [9.17, 15) is 13.2 Å². The summed E-state index contributed by atoms with van der Waals surface area (Å²) in [4.78, 5) is 14.0. The first-order valence-corrected chi connectivity index (χ1v) is 14.1. The second kappa shape index (κ2) is 11.8. The lowest BCUT2D eigenvalue weighted by Crippen LogP contribution is -2.37. The summed E-state index contributed by atoms with van der Waals surface area (Å²) in [6, 6.07) is 13.9. The molecule has 2 aromatic carbocycles. The molecule has 0 bridgehead atoms. The minimum Gasteiger partial charge on any atom is -0.407 e. The lowest BCUT2D eigenvalue weighted by molar-refractivity contribution is 0.102. The molecule has 0 saturated carbocycles. The third kappa shape index (κ3) is 7.39. The molecular formula is C25H32N4O4S2. The quantitative estimate of drug-likeness (QED) is 0.360. The first-order chi connectivity index (χ1) is 16.6. The van der Waals surface area contributed by atoms with Gasteiger partial charge in [-0.2, -0.15) is 4.31 Å². The van der Waals surface area contributed by atoms with E-state index in [0.717, 1.165) is 5.56 Å². The molecule has 3 rings (SSSR count). The summed E-state index contributed by atoms with van der Waals surface area (Å²) in [6.45, 7) is 8.82. The summed E-state index contributed by atoms with van der Waals surface area (Å²) in [6.07, 6.45) is 2.47. The normalized spacial score (nSPS) is 12.0. The largest absolute Gasteiger partial charge is 0.407 e. The molecule has 35 heavy (non-hydrogen) atoms. The molecule has 0 aliphatic rings. The Labute approximate surface area is 211 Å². The van der Waals surface area contributed by atoms with Crippen LogP contribution in [-0.4, -0.2) is 48.2 Å². The molecule has 3 aromatic rings. The fourth-order valence-electron chi connectivity index (χ4n) is 3.48. The number of benzene rings is 2. The van der Waals surface area contributed by atoms with E-state index in [1.807, 2.05) is 58.2 Å². The molecule has 0 atom stereocenters. The highest BCUT2D eigenvalue weighted by molar-refractivity contribution is 7.98. The number of thioether (sulfide) groups is 1. The van der Waals surface area contributed by atoms with Crippen LogP contribution >= 0.6 is 11.8 Å². The van der Waals surface area contributed by atoms with Gasteiger partial charge in [-0.3, -0.25) is 10.1 Å². The van der Waals surface area contributed by atoms with Gasteiger partial charge in [0, 0.05) is 23.5 Å². The van der Waals surface area contributed by atoms with Crippen LogP contribution in [0.5, 0.6) is 0 Å². The average molecular weight is 517 g/mol. The van der Waals surface area contributed by atoms with Gasteiger partial charge in [-0.1, -0.05) is 44.9 Å². The van der Waals surface area contributed by atoms with Crippen molar-refractivity contribution in [3.8, 4) is 0 Å². The van der Waals surface area contributed by atoms with Crippen molar-refractivity contribution in [2.24, 2.45) is 11.8 Å². The molecule has 1 N–H and O–H groups in total. The molecule has 8 nitrogen and oxygen atoms in total. The fourth-order valence-corrected chi connectivity index (χ4v) is 5.65. The molecule has 10 heteroatoms. The third-order valence-electron chi connectivity index (χ3n) is 5.09. The van der Waals surface area contributed by atoms with Crippen LogP contribution in [0.3, 0.4) is 0 Å². The Hall–Kier alpha value is -2.69. The predicted molar refractivity (Wildman–Crippen MR) is 138 cm³/mol. The van der Waals surface area contributed by atoms with Gasteiger partial charge in [-0.05, 0) is 60.1 Å². The van der Waals surface area contributed by atoms with Crippen molar-refractivity contribution in [3.05, 3.63) is 65.5 Å². The minimum absolute atomic E-state index is 0.0116. The summed E-state index contributed by atoms with van der Waals surface area (Å²) in [5, 5.41) is 10.5. The first-order valence-electron chi connectivity index (χ1n) is 11.5. The number of hydrogen-bond donors (Lipinski definition) is 1.